The molecule has 2 bridgehead atoms. The van der Waals surface area contributed by atoms with Gasteiger partial charge in [0, 0.05) is 49.5 Å². The zero-order valence-corrected chi connectivity index (χ0v) is 35.4. The number of esters is 4. The quantitative estimate of drug-likeness (QED) is 0.169. The number of ketones is 1. The van der Waals surface area contributed by atoms with Crippen LogP contribution >= 0.6 is 0 Å². The Kier molecular flexibility index (Phi) is 12.0. The SMILES string of the molecule is CC(=O)O[C@H]1C(=O)[C@@]2(C)C(C(OC(=O)c3ccccc3)[C@]3(O)C[C@H](OC(=O)[C@H](O)[C@@H](NC(=O)c4ccccc4)c4ccccc4)C(C)C1C3(C)C)[C@]1(OC(C)=O)CO[C@@H]1C[C@@H]2O. The zero-order valence-electron chi connectivity index (χ0n) is 35.4. The molecule has 3 aromatic carbocycles. The Hall–Kier alpha value is -5.48. The van der Waals surface area contributed by atoms with E-state index < -0.39 is 124 Å². The van der Waals surface area contributed by atoms with Crippen molar-refractivity contribution in [2.45, 2.75) is 108 Å². The number of aliphatic hydroxyl groups is 3. The van der Waals surface area contributed by atoms with Gasteiger partial charge in [0.15, 0.2) is 23.6 Å². The molecule has 7 rings (SSSR count). The molecule has 4 fully saturated rings. The van der Waals surface area contributed by atoms with Gasteiger partial charge in [-0.15, -0.1) is 0 Å². The Morgan fingerprint density at radius 2 is 1.40 bits per heavy atom. The third-order valence-corrected chi connectivity index (χ3v) is 14.0. The molecule has 4 N–H and O–H groups in total. The van der Waals surface area contributed by atoms with Gasteiger partial charge in [0.25, 0.3) is 5.91 Å². The summed E-state index contributed by atoms with van der Waals surface area (Å²) < 4.78 is 30.4. The standard InChI is InChI=1S/C47H53NO14/c1-25-31(60-43(56)36(52)35(28-16-10-7-11-17-28)48-41(54)29-18-12-8-13-19-29)23-47(57)40(61-42(55)30-20-14-9-15-21-30)38-45(6,32(51)22-33-46(38,24-58-33)62-27(3)50)39(53)37(59-26(2)49)34(25)44(47,4)5/h7-21,25,31-38,40,51-52,57H,22-24H2,1-6H3,(H,48,54)/t25?,31-,32-,33+,34?,35-,36+,37+,38?,40?,45+,46-,47+/m0/s1. The van der Waals surface area contributed by atoms with Crippen LogP contribution in [-0.4, -0.2) is 105 Å². The van der Waals surface area contributed by atoms with Crippen molar-refractivity contribution in [3.63, 3.8) is 0 Å². The number of carbonyl (C=O) groups excluding carboxylic acids is 6. The number of hydrogen-bond acceptors (Lipinski definition) is 14. The lowest BCUT2D eigenvalue weighted by Gasteiger charge is -2.69. The van der Waals surface area contributed by atoms with Gasteiger partial charge in [0.1, 0.15) is 23.9 Å². The molecule has 15 heteroatoms. The maximum atomic E-state index is 15.5. The van der Waals surface area contributed by atoms with Crippen LogP contribution in [0.15, 0.2) is 91.0 Å². The summed E-state index contributed by atoms with van der Waals surface area (Å²) in [6, 6.07) is 23.1. The molecule has 1 saturated heterocycles. The summed E-state index contributed by atoms with van der Waals surface area (Å²) in [5, 5.41) is 40.3. The van der Waals surface area contributed by atoms with E-state index in [-0.39, 0.29) is 24.2 Å². The molecular weight excluding hydrogens is 803 g/mol. The lowest BCUT2D eigenvalue weighted by atomic mass is 9.42. The van der Waals surface area contributed by atoms with Crippen LogP contribution in [0, 0.1) is 28.6 Å². The first kappa shape index (κ1) is 44.6. The van der Waals surface area contributed by atoms with E-state index >= 15 is 4.79 Å². The number of nitrogens with one attached hydrogen (secondary N) is 1. The minimum absolute atomic E-state index is 0.0809. The minimum atomic E-state index is -2.33. The van der Waals surface area contributed by atoms with Crippen molar-refractivity contribution in [1.82, 2.24) is 5.32 Å². The van der Waals surface area contributed by atoms with Crippen LogP contribution in [-0.2, 0) is 42.9 Å². The molecule has 4 unspecified atom stereocenters. The number of benzene rings is 3. The van der Waals surface area contributed by atoms with Crippen LogP contribution in [0.2, 0.25) is 0 Å². The molecule has 15 nitrogen and oxygen atoms in total. The Bertz CT molecular complexity index is 2200. The summed E-state index contributed by atoms with van der Waals surface area (Å²) in [6.07, 6.45) is -10.1. The summed E-state index contributed by atoms with van der Waals surface area (Å²) >= 11 is 0. The first-order chi connectivity index (χ1) is 29.3. The van der Waals surface area contributed by atoms with Gasteiger partial charge < -0.3 is 44.3 Å². The Morgan fingerprint density at radius 1 is 0.823 bits per heavy atom. The van der Waals surface area contributed by atoms with E-state index in [0.717, 1.165) is 13.8 Å². The smallest absolute Gasteiger partial charge is 0.338 e. The van der Waals surface area contributed by atoms with Gasteiger partial charge in [0.2, 0.25) is 0 Å². The molecule has 13 atom stereocenters. The molecule has 1 heterocycles. The fourth-order valence-electron chi connectivity index (χ4n) is 10.8. The monoisotopic (exact) mass is 855 g/mol. The number of hydrogen-bond donors (Lipinski definition) is 4. The number of carbonyl (C=O) groups is 6. The number of rotatable bonds is 10. The van der Waals surface area contributed by atoms with Gasteiger partial charge in [-0.25, -0.2) is 9.59 Å². The van der Waals surface area contributed by atoms with E-state index in [9.17, 15) is 39.3 Å². The highest BCUT2D eigenvalue weighted by Gasteiger charge is 2.79. The fourth-order valence-corrected chi connectivity index (χ4v) is 10.8. The fraction of sp³-hybridized carbons (Fsp3) is 0.489. The Balaban J connectivity index is 1.36. The first-order valence-corrected chi connectivity index (χ1v) is 20.8. The van der Waals surface area contributed by atoms with Crippen LogP contribution in [0.3, 0.4) is 0 Å². The van der Waals surface area contributed by atoms with E-state index in [1.807, 2.05) is 0 Å². The number of aliphatic hydroxyl groups excluding tert-OH is 2. The van der Waals surface area contributed by atoms with Crippen molar-refractivity contribution in [2.75, 3.05) is 6.61 Å². The predicted molar refractivity (Wildman–Crippen MR) is 218 cm³/mol. The highest BCUT2D eigenvalue weighted by atomic mass is 16.6. The molecule has 62 heavy (non-hydrogen) atoms. The second-order valence-corrected chi connectivity index (χ2v) is 17.8. The first-order valence-electron chi connectivity index (χ1n) is 20.8. The van der Waals surface area contributed by atoms with Crippen molar-refractivity contribution in [3.8, 4) is 0 Å². The second-order valence-electron chi connectivity index (χ2n) is 17.8. The van der Waals surface area contributed by atoms with E-state index in [4.69, 9.17) is 23.7 Å². The molecular formula is C47H53NO14. The van der Waals surface area contributed by atoms with Crippen molar-refractivity contribution >= 4 is 35.6 Å². The lowest BCUT2D eigenvalue weighted by molar-refractivity contribution is -0.355. The van der Waals surface area contributed by atoms with Gasteiger partial charge in [-0.05, 0) is 36.8 Å². The van der Waals surface area contributed by atoms with Crippen molar-refractivity contribution < 1.29 is 67.8 Å². The van der Waals surface area contributed by atoms with Crippen LogP contribution in [0.4, 0.5) is 0 Å². The summed E-state index contributed by atoms with van der Waals surface area (Å²) in [5.41, 5.74) is -6.93. The molecule has 1 amide bonds. The van der Waals surface area contributed by atoms with Gasteiger partial charge in [-0.2, -0.15) is 0 Å². The van der Waals surface area contributed by atoms with Crippen LogP contribution in [0.5, 0.6) is 0 Å². The topological polar surface area (TPSA) is 221 Å². The van der Waals surface area contributed by atoms with Gasteiger partial charge >= 0.3 is 23.9 Å². The van der Waals surface area contributed by atoms with E-state index in [1.165, 1.54) is 19.1 Å². The van der Waals surface area contributed by atoms with Crippen LogP contribution in [0.25, 0.3) is 0 Å². The maximum absolute atomic E-state index is 15.5. The number of Topliss-reactive ketones (excluding diaryl/α,β-unsaturated/α-hetero) is 1. The van der Waals surface area contributed by atoms with Crippen molar-refractivity contribution in [2.24, 2.45) is 28.6 Å². The van der Waals surface area contributed by atoms with Crippen molar-refractivity contribution in [3.05, 3.63) is 108 Å². The Morgan fingerprint density at radius 3 is 1.95 bits per heavy atom. The maximum Gasteiger partial charge on any atom is 0.338 e. The highest BCUT2D eigenvalue weighted by molar-refractivity contribution is 5.95. The largest absolute Gasteiger partial charge is 0.460 e. The van der Waals surface area contributed by atoms with E-state index in [0.29, 0.717) is 5.56 Å². The van der Waals surface area contributed by atoms with Crippen molar-refractivity contribution in [1.29, 1.82) is 0 Å². The average Bonchev–Trinajstić information content (AvgIpc) is 3.24. The summed E-state index contributed by atoms with van der Waals surface area (Å²) in [4.78, 5) is 83.6. The molecule has 4 aliphatic rings. The second kappa shape index (κ2) is 16.7. The summed E-state index contributed by atoms with van der Waals surface area (Å²) in [5.74, 6) is -8.77. The molecule has 3 aromatic rings. The van der Waals surface area contributed by atoms with Crippen LogP contribution < -0.4 is 5.32 Å². The van der Waals surface area contributed by atoms with Crippen LogP contribution in [0.1, 0.15) is 86.7 Å². The zero-order chi connectivity index (χ0) is 44.9. The summed E-state index contributed by atoms with van der Waals surface area (Å²) in [6.45, 7) is 8.28. The molecule has 1 aliphatic heterocycles. The normalized spacial score (nSPS) is 34.2. The molecule has 330 valence electrons. The minimum Gasteiger partial charge on any atom is -0.460 e. The van der Waals surface area contributed by atoms with E-state index in [2.05, 4.69) is 5.32 Å². The Labute approximate surface area is 359 Å². The predicted octanol–water partition coefficient (Wildman–Crippen LogP) is 3.67. The third-order valence-electron chi connectivity index (χ3n) is 14.0. The molecule has 3 saturated carbocycles. The third kappa shape index (κ3) is 7.37. The average molecular weight is 856 g/mol. The molecule has 3 aliphatic carbocycles. The van der Waals surface area contributed by atoms with Gasteiger partial charge in [0.05, 0.1) is 35.6 Å². The lowest BCUT2D eigenvalue weighted by Crippen LogP contribution is -2.83. The molecule has 0 spiro atoms. The van der Waals surface area contributed by atoms with Gasteiger partial charge in [-0.3, -0.25) is 19.2 Å². The number of ether oxygens (including phenoxy) is 5. The molecule has 0 radical (unpaired) electrons. The highest BCUT2D eigenvalue weighted by Crippen LogP contribution is 2.65. The molecule has 0 aromatic heterocycles. The number of amides is 1. The number of fused-ring (bicyclic) bond motifs is 5. The summed E-state index contributed by atoms with van der Waals surface area (Å²) in [7, 11) is 0. The van der Waals surface area contributed by atoms with E-state index in [1.54, 1.807) is 99.6 Å². The van der Waals surface area contributed by atoms with Gasteiger partial charge in [-0.1, -0.05) is 87.5 Å².